The number of hydrogen-bond acceptors (Lipinski definition) is 2. The second-order valence-corrected chi connectivity index (χ2v) is 4.54. The Morgan fingerprint density at radius 1 is 1.47 bits per heavy atom. The number of nitrogens with zero attached hydrogens (tertiary/aromatic N) is 2. The van der Waals surface area contributed by atoms with Crippen molar-refractivity contribution in [1.29, 1.82) is 0 Å². The molecule has 0 spiro atoms. The number of amides is 2. The first-order valence-electron chi connectivity index (χ1n) is 5.76. The number of rotatable bonds is 4. The molecule has 0 radical (unpaired) electrons. The first-order chi connectivity index (χ1) is 7.20. The van der Waals surface area contributed by atoms with Crippen LogP contribution in [0, 0.1) is 5.92 Å². The second-order valence-electron chi connectivity index (χ2n) is 4.54. The third-order valence-corrected chi connectivity index (χ3v) is 3.01. The van der Waals surface area contributed by atoms with E-state index >= 15 is 0 Å². The summed E-state index contributed by atoms with van der Waals surface area (Å²) in [4.78, 5) is 26.7. The zero-order valence-electron chi connectivity index (χ0n) is 9.24. The zero-order valence-corrected chi connectivity index (χ0v) is 9.24. The molecule has 1 aliphatic carbocycles. The molecule has 0 aromatic rings. The van der Waals surface area contributed by atoms with Crippen LogP contribution in [0.2, 0.25) is 0 Å². The van der Waals surface area contributed by atoms with E-state index in [1.165, 1.54) is 12.8 Å². The van der Waals surface area contributed by atoms with Crippen molar-refractivity contribution in [1.82, 2.24) is 9.80 Å². The van der Waals surface area contributed by atoms with E-state index in [0.29, 0.717) is 25.6 Å². The molecular weight excluding hydrogens is 192 g/mol. The molecule has 1 saturated heterocycles. The lowest BCUT2D eigenvalue weighted by molar-refractivity contribution is -0.131. The SMILES string of the molecule is CCCC(=O)N1CC(=O)N(CC2CC2)C1. The van der Waals surface area contributed by atoms with Gasteiger partial charge >= 0.3 is 0 Å². The van der Waals surface area contributed by atoms with Crippen LogP contribution >= 0.6 is 0 Å². The van der Waals surface area contributed by atoms with Gasteiger partial charge in [-0.2, -0.15) is 0 Å². The van der Waals surface area contributed by atoms with E-state index in [0.717, 1.165) is 13.0 Å². The van der Waals surface area contributed by atoms with Gasteiger partial charge in [-0.3, -0.25) is 9.59 Å². The van der Waals surface area contributed by atoms with Crippen molar-refractivity contribution in [3.05, 3.63) is 0 Å². The third kappa shape index (κ3) is 2.49. The van der Waals surface area contributed by atoms with Crippen LogP contribution in [-0.4, -0.2) is 41.4 Å². The van der Waals surface area contributed by atoms with Crippen molar-refractivity contribution in [2.75, 3.05) is 19.8 Å². The summed E-state index contributed by atoms with van der Waals surface area (Å²) in [5.41, 5.74) is 0. The zero-order chi connectivity index (χ0) is 10.8. The van der Waals surface area contributed by atoms with Gasteiger partial charge in [0.05, 0.1) is 6.67 Å². The van der Waals surface area contributed by atoms with Crippen molar-refractivity contribution >= 4 is 11.8 Å². The second kappa shape index (κ2) is 4.21. The lowest BCUT2D eigenvalue weighted by Crippen LogP contribution is -2.31. The normalized spacial score (nSPS) is 21.3. The first-order valence-corrected chi connectivity index (χ1v) is 5.76. The molecule has 4 heteroatoms. The van der Waals surface area contributed by atoms with E-state index in [-0.39, 0.29) is 11.8 Å². The van der Waals surface area contributed by atoms with Crippen LogP contribution in [0.4, 0.5) is 0 Å². The summed E-state index contributed by atoms with van der Waals surface area (Å²) in [7, 11) is 0. The lowest BCUT2D eigenvalue weighted by Gasteiger charge is -2.17. The topological polar surface area (TPSA) is 40.6 Å². The summed E-state index contributed by atoms with van der Waals surface area (Å²) < 4.78 is 0. The molecule has 0 aromatic carbocycles. The smallest absolute Gasteiger partial charge is 0.243 e. The Kier molecular flexibility index (Phi) is 2.93. The van der Waals surface area contributed by atoms with Gasteiger partial charge in [-0.15, -0.1) is 0 Å². The van der Waals surface area contributed by atoms with Crippen LogP contribution < -0.4 is 0 Å². The number of carbonyl (C=O) groups excluding carboxylic acids is 2. The van der Waals surface area contributed by atoms with E-state index in [4.69, 9.17) is 0 Å². The molecule has 15 heavy (non-hydrogen) atoms. The average Bonchev–Trinajstić information content (AvgIpc) is 2.92. The quantitative estimate of drug-likeness (QED) is 0.689. The van der Waals surface area contributed by atoms with Gasteiger partial charge in [0.1, 0.15) is 6.54 Å². The molecule has 0 atom stereocenters. The molecule has 1 saturated carbocycles. The third-order valence-electron chi connectivity index (χ3n) is 3.01. The fourth-order valence-electron chi connectivity index (χ4n) is 1.91. The molecule has 0 N–H and O–H groups in total. The van der Waals surface area contributed by atoms with Crippen LogP contribution in [0.15, 0.2) is 0 Å². The summed E-state index contributed by atoms with van der Waals surface area (Å²) in [6.07, 6.45) is 3.90. The van der Waals surface area contributed by atoms with E-state index in [1.807, 2.05) is 11.8 Å². The van der Waals surface area contributed by atoms with Crippen LogP contribution in [0.3, 0.4) is 0 Å². The minimum atomic E-state index is 0.115. The highest BCUT2D eigenvalue weighted by molar-refractivity contribution is 5.87. The maximum atomic E-state index is 11.6. The molecule has 84 valence electrons. The Balaban J connectivity index is 1.84. The van der Waals surface area contributed by atoms with E-state index in [2.05, 4.69) is 0 Å². The Labute approximate surface area is 90.2 Å². The molecule has 4 nitrogen and oxygen atoms in total. The summed E-state index contributed by atoms with van der Waals surface area (Å²) in [6.45, 7) is 3.66. The first kappa shape index (κ1) is 10.5. The molecule has 1 aliphatic heterocycles. The van der Waals surface area contributed by atoms with Gasteiger partial charge in [0.2, 0.25) is 11.8 Å². The predicted molar refractivity (Wildman–Crippen MR) is 55.9 cm³/mol. The van der Waals surface area contributed by atoms with Crippen LogP contribution in [-0.2, 0) is 9.59 Å². The van der Waals surface area contributed by atoms with Crippen LogP contribution in [0.1, 0.15) is 32.6 Å². The largest absolute Gasteiger partial charge is 0.323 e. The number of carbonyl (C=O) groups is 2. The van der Waals surface area contributed by atoms with Crippen molar-refractivity contribution < 1.29 is 9.59 Å². The minimum Gasteiger partial charge on any atom is -0.323 e. The fraction of sp³-hybridized carbons (Fsp3) is 0.818. The summed E-state index contributed by atoms with van der Waals surface area (Å²) in [5, 5.41) is 0. The van der Waals surface area contributed by atoms with Crippen molar-refractivity contribution in [3.8, 4) is 0 Å². The Morgan fingerprint density at radius 2 is 2.20 bits per heavy atom. The molecule has 0 unspecified atom stereocenters. The maximum Gasteiger partial charge on any atom is 0.243 e. The van der Waals surface area contributed by atoms with Crippen molar-refractivity contribution in [3.63, 3.8) is 0 Å². The molecule has 1 heterocycles. The molecule has 2 amide bonds. The van der Waals surface area contributed by atoms with Gasteiger partial charge in [-0.25, -0.2) is 0 Å². The molecule has 2 rings (SSSR count). The summed E-state index contributed by atoms with van der Waals surface area (Å²) >= 11 is 0. The average molecular weight is 210 g/mol. The molecule has 2 fully saturated rings. The Morgan fingerprint density at radius 3 is 2.80 bits per heavy atom. The van der Waals surface area contributed by atoms with Gasteiger partial charge in [0.25, 0.3) is 0 Å². The standard InChI is InChI=1S/C11H18N2O2/c1-2-3-10(14)13-7-11(15)12(8-13)6-9-4-5-9/h9H,2-8H2,1H3. The maximum absolute atomic E-state index is 11.6. The Bertz CT molecular complexity index is 274. The lowest BCUT2D eigenvalue weighted by atomic mass is 10.3. The van der Waals surface area contributed by atoms with E-state index < -0.39 is 0 Å². The molecular formula is C11H18N2O2. The fourth-order valence-corrected chi connectivity index (χ4v) is 1.91. The minimum absolute atomic E-state index is 0.115. The Hall–Kier alpha value is -1.06. The predicted octanol–water partition coefficient (Wildman–Crippen LogP) is 0.825. The highest BCUT2D eigenvalue weighted by atomic mass is 16.2. The van der Waals surface area contributed by atoms with Gasteiger partial charge < -0.3 is 9.80 Å². The highest BCUT2D eigenvalue weighted by Crippen LogP contribution is 2.30. The van der Waals surface area contributed by atoms with Crippen molar-refractivity contribution in [2.45, 2.75) is 32.6 Å². The van der Waals surface area contributed by atoms with Gasteiger partial charge in [0.15, 0.2) is 0 Å². The van der Waals surface area contributed by atoms with Gasteiger partial charge in [0, 0.05) is 13.0 Å². The summed E-state index contributed by atoms with van der Waals surface area (Å²) in [6, 6.07) is 0. The van der Waals surface area contributed by atoms with Crippen LogP contribution in [0.5, 0.6) is 0 Å². The molecule has 0 aromatic heterocycles. The molecule has 2 aliphatic rings. The summed E-state index contributed by atoms with van der Waals surface area (Å²) in [5.74, 6) is 0.936. The monoisotopic (exact) mass is 210 g/mol. The van der Waals surface area contributed by atoms with Gasteiger partial charge in [-0.1, -0.05) is 6.92 Å². The van der Waals surface area contributed by atoms with Gasteiger partial charge in [-0.05, 0) is 25.2 Å². The highest BCUT2D eigenvalue weighted by Gasteiger charge is 2.34. The van der Waals surface area contributed by atoms with E-state index in [9.17, 15) is 9.59 Å². The van der Waals surface area contributed by atoms with Crippen molar-refractivity contribution in [2.24, 2.45) is 5.92 Å². The van der Waals surface area contributed by atoms with E-state index in [1.54, 1.807) is 4.90 Å². The molecule has 0 bridgehead atoms. The number of hydrogen-bond donors (Lipinski definition) is 0. The van der Waals surface area contributed by atoms with Crippen LogP contribution in [0.25, 0.3) is 0 Å².